The van der Waals surface area contributed by atoms with E-state index in [2.05, 4.69) is 41.8 Å². The van der Waals surface area contributed by atoms with Crippen LogP contribution in [-0.4, -0.2) is 95.8 Å². The standard InChI is InChI=1S/C37H39ClN10O7/c1-37(2,3)55-35(53)30-18-22-17-25(9-10-27(22)42-30)40-32(50)29(16-21-4-7-24(8-5-21)41-36(54)47-14-12-26(49)13-15-47)44-34(52)33(51)43-28-19-23(38)6-11-31(28)48-20-39-45-46-48/h4-11,17-20,26,29,42,49H,12-16H2,1-3H3,(H,40,50)(H,41,54)(H,43,51)(H,44,52)/t29-/m0/s1. The average Bonchev–Trinajstić information content (AvgIpc) is 3.83. The number of ether oxygens (including phenoxy) is 1. The molecule has 1 aliphatic rings. The quantitative estimate of drug-likeness (QED) is 0.0932. The molecule has 1 aliphatic heterocycles. The van der Waals surface area contributed by atoms with E-state index < -0.39 is 41.4 Å². The van der Waals surface area contributed by atoms with Gasteiger partial charge in [0.05, 0.1) is 17.5 Å². The number of carbonyl (C=O) groups excluding carboxylic acids is 5. The smallest absolute Gasteiger partial charge is 0.355 e. The van der Waals surface area contributed by atoms with Gasteiger partial charge in [0.15, 0.2) is 0 Å². The second kappa shape index (κ2) is 16.4. The number of fused-ring (bicyclic) bond motifs is 1. The summed E-state index contributed by atoms with van der Waals surface area (Å²) in [5.74, 6) is -3.36. The molecule has 6 N–H and O–H groups in total. The molecular weight excluding hydrogens is 732 g/mol. The van der Waals surface area contributed by atoms with E-state index in [1.165, 1.54) is 17.1 Å². The van der Waals surface area contributed by atoms with Crippen LogP contribution in [-0.2, 0) is 25.5 Å². The van der Waals surface area contributed by atoms with Gasteiger partial charge in [-0.3, -0.25) is 14.4 Å². The molecule has 1 fully saturated rings. The van der Waals surface area contributed by atoms with Crippen molar-refractivity contribution in [2.45, 2.75) is 57.8 Å². The van der Waals surface area contributed by atoms with E-state index in [0.29, 0.717) is 59.5 Å². The minimum Gasteiger partial charge on any atom is -0.455 e. The zero-order valence-corrected chi connectivity index (χ0v) is 30.9. The summed E-state index contributed by atoms with van der Waals surface area (Å²) in [6.07, 6.45) is 1.86. The van der Waals surface area contributed by atoms with Crippen LogP contribution in [0.3, 0.4) is 0 Å². The van der Waals surface area contributed by atoms with Gasteiger partial charge >= 0.3 is 23.8 Å². The highest BCUT2D eigenvalue weighted by Gasteiger charge is 2.27. The predicted molar refractivity (Wildman–Crippen MR) is 203 cm³/mol. The van der Waals surface area contributed by atoms with Crippen LogP contribution in [0.1, 0.15) is 49.7 Å². The van der Waals surface area contributed by atoms with Gasteiger partial charge in [-0.05, 0) is 104 Å². The molecule has 6 rings (SSSR count). The summed E-state index contributed by atoms with van der Waals surface area (Å²) in [4.78, 5) is 70.5. The van der Waals surface area contributed by atoms with Gasteiger partial charge in [0.1, 0.15) is 23.7 Å². The van der Waals surface area contributed by atoms with Gasteiger partial charge in [0.2, 0.25) is 5.91 Å². The Labute approximate surface area is 319 Å². The molecule has 0 aliphatic carbocycles. The number of H-pyrrole nitrogens is 1. The summed E-state index contributed by atoms with van der Waals surface area (Å²) >= 11 is 6.17. The number of rotatable bonds is 9. The predicted octanol–water partition coefficient (Wildman–Crippen LogP) is 4.05. The molecule has 0 radical (unpaired) electrons. The fourth-order valence-corrected chi connectivity index (χ4v) is 5.98. The Hall–Kier alpha value is -6.33. The first-order chi connectivity index (χ1) is 26.2. The van der Waals surface area contributed by atoms with E-state index in [-0.39, 0.29) is 28.9 Å². The summed E-state index contributed by atoms with van der Waals surface area (Å²) in [7, 11) is 0. The zero-order valence-electron chi connectivity index (χ0n) is 30.1. The number of nitrogens with one attached hydrogen (secondary N) is 5. The van der Waals surface area contributed by atoms with Crippen LogP contribution in [0.25, 0.3) is 16.6 Å². The number of aliphatic hydroxyl groups is 1. The van der Waals surface area contributed by atoms with Crippen molar-refractivity contribution in [1.82, 2.24) is 35.4 Å². The lowest BCUT2D eigenvalue weighted by atomic mass is 10.0. The molecule has 18 heteroatoms. The number of nitrogens with zero attached hydrogens (tertiary/aromatic N) is 5. The zero-order chi connectivity index (χ0) is 39.3. The van der Waals surface area contributed by atoms with Crippen molar-refractivity contribution in [2.75, 3.05) is 29.0 Å². The van der Waals surface area contributed by atoms with Crippen molar-refractivity contribution in [3.63, 3.8) is 0 Å². The molecule has 286 valence electrons. The van der Waals surface area contributed by atoms with Gasteiger partial charge in [-0.15, -0.1) is 5.10 Å². The van der Waals surface area contributed by atoms with Crippen molar-refractivity contribution >= 4 is 69.3 Å². The van der Waals surface area contributed by atoms with Gasteiger partial charge in [0, 0.05) is 46.8 Å². The van der Waals surface area contributed by atoms with E-state index in [9.17, 15) is 29.1 Å². The van der Waals surface area contributed by atoms with Gasteiger partial charge in [-0.2, -0.15) is 4.68 Å². The van der Waals surface area contributed by atoms with Crippen LogP contribution in [0.15, 0.2) is 73.1 Å². The molecule has 0 saturated carbocycles. The number of aliphatic hydroxyl groups excluding tert-OH is 1. The Morgan fingerprint density at radius 2 is 1.65 bits per heavy atom. The molecular formula is C37H39ClN10O7. The molecule has 0 spiro atoms. The number of likely N-dealkylation sites (tertiary alicyclic amines) is 1. The molecule has 3 heterocycles. The van der Waals surface area contributed by atoms with Crippen LogP contribution >= 0.6 is 11.6 Å². The minimum atomic E-state index is -1.25. The molecule has 3 aromatic carbocycles. The number of amides is 5. The highest BCUT2D eigenvalue weighted by molar-refractivity contribution is 6.40. The van der Waals surface area contributed by atoms with Crippen molar-refractivity contribution in [3.8, 4) is 5.69 Å². The number of tetrazole rings is 1. The summed E-state index contributed by atoms with van der Waals surface area (Å²) in [5, 5.41) is 32.4. The van der Waals surface area contributed by atoms with Crippen molar-refractivity contribution in [2.24, 2.45) is 0 Å². The van der Waals surface area contributed by atoms with E-state index in [1.54, 1.807) is 86.3 Å². The van der Waals surface area contributed by atoms with Gasteiger partial charge in [-0.25, -0.2) is 9.59 Å². The second-order valence-corrected chi connectivity index (χ2v) is 14.4. The number of hydrogen-bond acceptors (Lipinski definition) is 10. The van der Waals surface area contributed by atoms with Crippen LogP contribution in [0.5, 0.6) is 0 Å². The third-order valence-electron chi connectivity index (χ3n) is 8.53. The molecule has 5 amide bonds. The maximum Gasteiger partial charge on any atom is 0.355 e. The average molecular weight is 771 g/mol. The lowest BCUT2D eigenvalue weighted by molar-refractivity contribution is -0.137. The summed E-state index contributed by atoms with van der Waals surface area (Å²) in [6.45, 7) is 6.17. The number of anilines is 3. The molecule has 5 aromatic rings. The molecule has 1 saturated heterocycles. The number of carbonyl (C=O) groups is 5. The van der Waals surface area contributed by atoms with E-state index >= 15 is 0 Å². The lowest BCUT2D eigenvalue weighted by Gasteiger charge is -2.29. The first-order valence-electron chi connectivity index (χ1n) is 17.4. The Balaban J connectivity index is 1.19. The van der Waals surface area contributed by atoms with Gasteiger partial charge < -0.3 is 41.0 Å². The second-order valence-electron chi connectivity index (χ2n) is 13.9. The van der Waals surface area contributed by atoms with Gasteiger partial charge in [-0.1, -0.05) is 23.7 Å². The first kappa shape index (κ1) is 38.4. The van der Waals surface area contributed by atoms with E-state index in [4.69, 9.17) is 16.3 Å². The normalized spacial score (nSPS) is 13.9. The SMILES string of the molecule is CC(C)(C)OC(=O)c1cc2cc(NC(=O)[C@H](Cc3ccc(NC(=O)N4CCC(O)CC4)cc3)NC(=O)C(=O)Nc3cc(Cl)ccc3-n3cnnn3)ccc2[nH]1. The number of piperidine rings is 1. The fraction of sp³-hybridized carbons (Fsp3) is 0.297. The summed E-state index contributed by atoms with van der Waals surface area (Å²) < 4.78 is 6.74. The Kier molecular flexibility index (Phi) is 11.4. The third-order valence-corrected chi connectivity index (χ3v) is 8.77. The molecule has 1 atom stereocenters. The molecule has 17 nitrogen and oxygen atoms in total. The molecule has 2 aromatic heterocycles. The topological polar surface area (TPSA) is 226 Å². The van der Waals surface area contributed by atoms with E-state index in [0.717, 1.165) is 0 Å². The fourth-order valence-electron chi connectivity index (χ4n) is 5.81. The number of aromatic nitrogens is 5. The Morgan fingerprint density at radius 3 is 2.35 bits per heavy atom. The number of aromatic amines is 1. The number of hydrogen-bond donors (Lipinski definition) is 6. The van der Waals surface area contributed by atoms with Crippen molar-refractivity contribution in [3.05, 3.63) is 89.3 Å². The monoisotopic (exact) mass is 770 g/mol. The lowest BCUT2D eigenvalue weighted by Crippen LogP contribution is -2.49. The maximum atomic E-state index is 13.8. The minimum absolute atomic E-state index is 0.0364. The maximum absolute atomic E-state index is 13.8. The molecule has 0 bridgehead atoms. The number of benzene rings is 3. The molecule has 0 unspecified atom stereocenters. The number of urea groups is 1. The summed E-state index contributed by atoms with van der Waals surface area (Å²) in [5.41, 5.74) is 2.14. The van der Waals surface area contributed by atoms with Crippen LogP contribution in [0.2, 0.25) is 5.02 Å². The van der Waals surface area contributed by atoms with E-state index in [1.807, 2.05) is 0 Å². The number of esters is 1. The molecule has 55 heavy (non-hydrogen) atoms. The summed E-state index contributed by atoms with van der Waals surface area (Å²) in [6, 6.07) is 16.3. The van der Waals surface area contributed by atoms with Crippen LogP contribution < -0.4 is 21.3 Å². The van der Waals surface area contributed by atoms with Crippen molar-refractivity contribution in [1.29, 1.82) is 0 Å². The highest BCUT2D eigenvalue weighted by Crippen LogP contribution is 2.25. The first-order valence-corrected chi connectivity index (χ1v) is 17.7. The van der Waals surface area contributed by atoms with Crippen LogP contribution in [0.4, 0.5) is 21.9 Å². The van der Waals surface area contributed by atoms with Crippen LogP contribution in [0, 0.1) is 0 Å². The Morgan fingerprint density at radius 1 is 0.927 bits per heavy atom. The largest absolute Gasteiger partial charge is 0.455 e. The number of halogens is 1. The van der Waals surface area contributed by atoms with Crippen molar-refractivity contribution < 1.29 is 33.8 Å². The van der Waals surface area contributed by atoms with Gasteiger partial charge in [0.25, 0.3) is 0 Å². The highest BCUT2D eigenvalue weighted by atomic mass is 35.5. The third kappa shape index (κ3) is 10.0. The Bertz CT molecular complexity index is 2210.